The standard InChI is InChI=1S/C8H10O2.C5H9N/c1-7-5-8(2,6-9)3-4-10-7;1-2-3-4-5-6/h3-6H,1-2H3;2-4H2,1H3. The van der Waals surface area contributed by atoms with Crippen LogP contribution >= 0.6 is 0 Å². The number of nitriles is 1. The maximum atomic E-state index is 10.5. The summed E-state index contributed by atoms with van der Waals surface area (Å²) in [4.78, 5) is 10.5. The first-order valence-corrected chi connectivity index (χ1v) is 5.45. The van der Waals surface area contributed by atoms with Crippen LogP contribution in [0.3, 0.4) is 0 Å². The molecule has 0 radical (unpaired) electrons. The highest BCUT2D eigenvalue weighted by molar-refractivity contribution is 5.65. The van der Waals surface area contributed by atoms with Gasteiger partial charge in [0.05, 0.1) is 23.5 Å². The Kier molecular flexibility index (Phi) is 6.95. The lowest BCUT2D eigenvalue weighted by molar-refractivity contribution is -0.112. The zero-order chi connectivity index (χ0) is 12.4. The fourth-order valence-corrected chi connectivity index (χ4v) is 1.14. The SMILES string of the molecule is CC1=CC(C)(C=O)C=CO1.CCCCC#N. The summed E-state index contributed by atoms with van der Waals surface area (Å²) < 4.78 is 5.00. The third kappa shape index (κ3) is 6.02. The number of carbonyl (C=O) groups is 1. The minimum atomic E-state index is -0.456. The van der Waals surface area contributed by atoms with Gasteiger partial charge in [-0.25, -0.2) is 0 Å². The van der Waals surface area contributed by atoms with Gasteiger partial charge in [-0.15, -0.1) is 0 Å². The molecule has 1 unspecified atom stereocenters. The van der Waals surface area contributed by atoms with Gasteiger partial charge in [0.2, 0.25) is 0 Å². The molecule has 0 bridgehead atoms. The van der Waals surface area contributed by atoms with Crippen molar-refractivity contribution in [3.8, 4) is 6.07 Å². The second kappa shape index (κ2) is 7.70. The summed E-state index contributed by atoms with van der Waals surface area (Å²) in [5, 5.41) is 7.95. The molecule has 16 heavy (non-hydrogen) atoms. The van der Waals surface area contributed by atoms with Crippen LogP contribution in [0.15, 0.2) is 24.2 Å². The van der Waals surface area contributed by atoms with E-state index in [1.54, 1.807) is 18.4 Å². The molecular formula is C13H19NO2. The lowest BCUT2D eigenvalue weighted by atomic mass is 9.91. The Morgan fingerprint density at radius 2 is 2.31 bits per heavy atom. The predicted octanol–water partition coefficient (Wildman–Crippen LogP) is 3.34. The number of nitrogens with zero attached hydrogens (tertiary/aromatic N) is 1. The summed E-state index contributed by atoms with van der Waals surface area (Å²) in [6.07, 6.45) is 8.87. The first-order chi connectivity index (χ1) is 7.58. The van der Waals surface area contributed by atoms with Crippen LogP contribution in [-0.2, 0) is 9.53 Å². The maximum absolute atomic E-state index is 10.5. The van der Waals surface area contributed by atoms with Gasteiger partial charge in [-0.2, -0.15) is 5.26 Å². The molecule has 1 heterocycles. The Labute approximate surface area is 97.4 Å². The summed E-state index contributed by atoms with van der Waals surface area (Å²) in [5.41, 5.74) is -0.456. The normalized spacial score (nSPS) is 22.0. The highest BCUT2D eigenvalue weighted by Crippen LogP contribution is 2.23. The van der Waals surface area contributed by atoms with E-state index in [9.17, 15) is 4.79 Å². The van der Waals surface area contributed by atoms with E-state index in [2.05, 4.69) is 13.0 Å². The molecule has 3 heteroatoms. The summed E-state index contributed by atoms with van der Waals surface area (Å²) in [5.74, 6) is 0.775. The molecule has 0 fully saturated rings. The highest BCUT2D eigenvalue weighted by atomic mass is 16.5. The van der Waals surface area contributed by atoms with Crippen LogP contribution in [0.2, 0.25) is 0 Å². The van der Waals surface area contributed by atoms with Crippen molar-refractivity contribution in [2.75, 3.05) is 0 Å². The summed E-state index contributed by atoms with van der Waals surface area (Å²) >= 11 is 0. The fraction of sp³-hybridized carbons (Fsp3) is 0.538. The van der Waals surface area contributed by atoms with Gasteiger partial charge in [0.1, 0.15) is 6.29 Å². The lowest BCUT2D eigenvalue weighted by Gasteiger charge is -2.18. The van der Waals surface area contributed by atoms with E-state index in [1.807, 2.05) is 13.8 Å². The van der Waals surface area contributed by atoms with Crippen molar-refractivity contribution in [2.45, 2.75) is 40.0 Å². The average Bonchev–Trinajstić information content (AvgIpc) is 2.27. The van der Waals surface area contributed by atoms with Gasteiger partial charge >= 0.3 is 0 Å². The predicted molar refractivity (Wildman–Crippen MR) is 63.3 cm³/mol. The quantitative estimate of drug-likeness (QED) is 0.542. The van der Waals surface area contributed by atoms with Crippen LogP contribution in [0, 0.1) is 16.7 Å². The Morgan fingerprint density at radius 3 is 2.62 bits per heavy atom. The van der Waals surface area contributed by atoms with Crippen LogP contribution in [0.4, 0.5) is 0 Å². The van der Waals surface area contributed by atoms with Gasteiger partial charge < -0.3 is 9.53 Å². The molecule has 1 aliphatic heterocycles. The molecule has 1 rings (SSSR count). The third-order valence-corrected chi connectivity index (χ3v) is 2.09. The number of unbranched alkanes of at least 4 members (excludes halogenated alkanes) is 2. The van der Waals surface area contributed by atoms with Gasteiger partial charge in [0.15, 0.2) is 0 Å². The molecule has 0 aromatic rings. The highest BCUT2D eigenvalue weighted by Gasteiger charge is 2.19. The van der Waals surface area contributed by atoms with Crippen molar-refractivity contribution >= 4 is 6.29 Å². The number of hydrogen-bond donors (Lipinski definition) is 0. The topological polar surface area (TPSA) is 50.1 Å². The zero-order valence-electron chi connectivity index (χ0n) is 10.2. The van der Waals surface area contributed by atoms with Gasteiger partial charge in [-0.3, -0.25) is 0 Å². The number of allylic oxidation sites excluding steroid dienone is 3. The molecule has 0 spiro atoms. The van der Waals surface area contributed by atoms with E-state index in [0.29, 0.717) is 0 Å². The zero-order valence-corrected chi connectivity index (χ0v) is 10.2. The second-order valence-electron chi connectivity index (χ2n) is 3.92. The monoisotopic (exact) mass is 221 g/mol. The minimum absolute atomic E-state index is 0.456. The van der Waals surface area contributed by atoms with Crippen molar-refractivity contribution in [1.82, 2.24) is 0 Å². The van der Waals surface area contributed by atoms with Crippen LogP contribution in [0.1, 0.15) is 40.0 Å². The minimum Gasteiger partial charge on any atom is -0.470 e. The number of hydrogen-bond acceptors (Lipinski definition) is 3. The molecule has 88 valence electrons. The van der Waals surface area contributed by atoms with Gasteiger partial charge in [-0.1, -0.05) is 13.3 Å². The molecule has 0 aromatic carbocycles. The number of aldehydes is 1. The van der Waals surface area contributed by atoms with E-state index >= 15 is 0 Å². The summed E-state index contributed by atoms with van der Waals surface area (Å²) in [6.45, 7) is 5.74. The molecule has 3 nitrogen and oxygen atoms in total. The van der Waals surface area contributed by atoms with E-state index in [1.165, 1.54) is 0 Å². The molecule has 0 N–H and O–H groups in total. The van der Waals surface area contributed by atoms with Crippen molar-refractivity contribution in [1.29, 1.82) is 5.26 Å². The molecule has 0 saturated carbocycles. The maximum Gasteiger partial charge on any atom is 0.133 e. The number of ether oxygens (including phenoxy) is 1. The van der Waals surface area contributed by atoms with Crippen molar-refractivity contribution in [2.24, 2.45) is 5.41 Å². The van der Waals surface area contributed by atoms with Gasteiger partial charge in [0.25, 0.3) is 0 Å². The molecule has 0 saturated heterocycles. The molecule has 1 aliphatic rings. The largest absolute Gasteiger partial charge is 0.470 e. The van der Waals surface area contributed by atoms with Crippen LogP contribution in [0.25, 0.3) is 0 Å². The van der Waals surface area contributed by atoms with E-state index in [0.717, 1.165) is 31.3 Å². The smallest absolute Gasteiger partial charge is 0.133 e. The van der Waals surface area contributed by atoms with Crippen LogP contribution in [-0.4, -0.2) is 6.29 Å². The summed E-state index contributed by atoms with van der Waals surface area (Å²) in [7, 11) is 0. The Bertz CT molecular complexity index is 312. The van der Waals surface area contributed by atoms with E-state index in [4.69, 9.17) is 10.00 Å². The van der Waals surface area contributed by atoms with Gasteiger partial charge in [0, 0.05) is 6.42 Å². The lowest BCUT2D eigenvalue weighted by Crippen LogP contribution is -2.14. The Hall–Kier alpha value is -1.56. The molecule has 0 aromatic heterocycles. The first kappa shape index (κ1) is 14.4. The molecule has 0 aliphatic carbocycles. The van der Waals surface area contributed by atoms with Crippen LogP contribution < -0.4 is 0 Å². The van der Waals surface area contributed by atoms with E-state index < -0.39 is 5.41 Å². The molecule has 0 amide bonds. The number of rotatable bonds is 3. The Morgan fingerprint density at radius 1 is 1.62 bits per heavy atom. The van der Waals surface area contributed by atoms with E-state index in [-0.39, 0.29) is 0 Å². The number of carbonyl (C=O) groups excluding carboxylic acids is 1. The molecule has 1 atom stereocenters. The average molecular weight is 221 g/mol. The Balaban J connectivity index is 0.000000325. The fourth-order valence-electron chi connectivity index (χ4n) is 1.14. The van der Waals surface area contributed by atoms with Crippen molar-refractivity contribution in [3.63, 3.8) is 0 Å². The van der Waals surface area contributed by atoms with Crippen molar-refractivity contribution < 1.29 is 9.53 Å². The van der Waals surface area contributed by atoms with Crippen LogP contribution in [0.5, 0.6) is 0 Å². The van der Waals surface area contributed by atoms with Crippen molar-refractivity contribution in [3.05, 3.63) is 24.2 Å². The first-order valence-electron chi connectivity index (χ1n) is 5.45. The molecular weight excluding hydrogens is 202 g/mol. The second-order valence-corrected chi connectivity index (χ2v) is 3.92. The third-order valence-electron chi connectivity index (χ3n) is 2.09. The van der Waals surface area contributed by atoms with Gasteiger partial charge in [-0.05, 0) is 32.4 Å². The summed E-state index contributed by atoms with van der Waals surface area (Å²) in [6, 6.07) is 2.07.